The molecular weight excluding hydrogens is 146 g/mol. The van der Waals surface area contributed by atoms with Crippen molar-refractivity contribution in [2.75, 3.05) is 26.8 Å². The fourth-order valence-electron chi connectivity index (χ4n) is 1.15. The molecule has 0 saturated carbocycles. The van der Waals surface area contributed by atoms with Gasteiger partial charge in [-0.2, -0.15) is 0 Å². The van der Waals surface area contributed by atoms with Crippen molar-refractivity contribution in [3.05, 3.63) is 0 Å². The summed E-state index contributed by atoms with van der Waals surface area (Å²) in [7, 11) is 1.59. The maximum atomic E-state index is 11.0. The molecule has 4 nitrogen and oxygen atoms in total. The molecule has 1 aliphatic heterocycles. The summed E-state index contributed by atoms with van der Waals surface area (Å²) >= 11 is 0. The van der Waals surface area contributed by atoms with Crippen molar-refractivity contribution in [3.63, 3.8) is 0 Å². The number of likely N-dealkylation sites (tertiary alicyclic amines) is 1. The lowest BCUT2D eigenvalue weighted by Crippen LogP contribution is -2.32. The Kier molecular flexibility index (Phi) is 2.84. The lowest BCUT2D eigenvalue weighted by Gasteiger charge is -2.14. The molecular formula is C7H13NO3. The van der Waals surface area contributed by atoms with Gasteiger partial charge in [0.1, 0.15) is 6.10 Å². The summed E-state index contributed by atoms with van der Waals surface area (Å²) in [5.41, 5.74) is 0. The fourth-order valence-corrected chi connectivity index (χ4v) is 1.15. The molecule has 11 heavy (non-hydrogen) atoms. The van der Waals surface area contributed by atoms with Gasteiger partial charge in [0.2, 0.25) is 0 Å². The molecule has 1 aliphatic rings. The zero-order valence-electron chi connectivity index (χ0n) is 6.62. The number of hydrogen-bond acceptors (Lipinski definition) is 3. The molecule has 0 spiro atoms. The third-order valence-electron chi connectivity index (χ3n) is 1.83. The lowest BCUT2D eigenvalue weighted by atomic mass is 10.3. The molecule has 1 rings (SSSR count). The van der Waals surface area contributed by atoms with Crippen LogP contribution >= 0.6 is 0 Å². The molecule has 1 atom stereocenters. The van der Waals surface area contributed by atoms with Crippen LogP contribution in [0.1, 0.15) is 6.42 Å². The number of methoxy groups -OCH3 is 1. The second-order valence-corrected chi connectivity index (χ2v) is 2.62. The molecule has 0 bridgehead atoms. The van der Waals surface area contributed by atoms with Crippen LogP contribution in [0.25, 0.3) is 0 Å². The minimum Gasteiger partial charge on any atom is -0.383 e. The van der Waals surface area contributed by atoms with Crippen LogP contribution in [0.5, 0.6) is 0 Å². The van der Waals surface area contributed by atoms with E-state index in [1.54, 1.807) is 12.0 Å². The van der Waals surface area contributed by atoms with Gasteiger partial charge < -0.3 is 14.7 Å². The summed E-state index contributed by atoms with van der Waals surface area (Å²) in [6.07, 6.45) is -0.213. The summed E-state index contributed by atoms with van der Waals surface area (Å²) in [4.78, 5) is 12.7. The van der Waals surface area contributed by atoms with Crippen LogP contribution in [0.3, 0.4) is 0 Å². The van der Waals surface area contributed by atoms with Gasteiger partial charge in [0.05, 0.1) is 6.61 Å². The van der Waals surface area contributed by atoms with E-state index in [4.69, 9.17) is 9.84 Å². The molecule has 1 fully saturated rings. The van der Waals surface area contributed by atoms with Gasteiger partial charge in [-0.05, 0) is 6.42 Å². The molecule has 1 unspecified atom stereocenters. The molecule has 1 heterocycles. The average molecular weight is 159 g/mol. The number of amides is 1. The Bertz CT molecular complexity index is 149. The van der Waals surface area contributed by atoms with Crippen molar-refractivity contribution >= 4 is 5.91 Å². The summed E-state index contributed by atoms with van der Waals surface area (Å²) in [5, 5.41) is 9.04. The van der Waals surface area contributed by atoms with Crippen molar-refractivity contribution < 1.29 is 14.6 Å². The molecule has 1 amide bonds. The summed E-state index contributed by atoms with van der Waals surface area (Å²) in [5.74, 6) is -0.165. The van der Waals surface area contributed by atoms with Crippen LogP contribution in [0.4, 0.5) is 0 Å². The summed E-state index contributed by atoms with van der Waals surface area (Å²) < 4.78 is 4.81. The quantitative estimate of drug-likeness (QED) is 0.588. The molecule has 0 aliphatic carbocycles. The van der Waals surface area contributed by atoms with E-state index in [1.165, 1.54) is 0 Å². The maximum absolute atomic E-state index is 11.0. The Morgan fingerprint density at radius 2 is 2.55 bits per heavy atom. The average Bonchev–Trinajstić information content (AvgIpc) is 2.31. The minimum absolute atomic E-state index is 0.165. The molecule has 64 valence electrons. The first-order chi connectivity index (χ1) is 5.25. The first kappa shape index (κ1) is 8.49. The third-order valence-corrected chi connectivity index (χ3v) is 1.83. The largest absolute Gasteiger partial charge is 0.383 e. The number of ether oxygens (including phenoxy) is 1. The second kappa shape index (κ2) is 3.69. The van der Waals surface area contributed by atoms with Crippen LogP contribution in [0.15, 0.2) is 0 Å². The van der Waals surface area contributed by atoms with Crippen molar-refractivity contribution in [1.29, 1.82) is 0 Å². The first-order valence-electron chi connectivity index (χ1n) is 3.71. The van der Waals surface area contributed by atoms with Gasteiger partial charge in [0.25, 0.3) is 5.91 Å². The van der Waals surface area contributed by atoms with Crippen LogP contribution in [-0.2, 0) is 9.53 Å². The summed E-state index contributed by atoms with van der Waals surface area (Å²) in [6, 6.07) is 0. The number of carbonyl (C=O) groups excluding carboxylic acids is 1. The molecule has 0 aromatic carbocycles. The third kappa shape index (κ3) is 1.91. The van der Waals surface area contributed by atoms with E-state index in [1.807, 2.05) is 0 Å². The normalized spacial score (nSPS) is 24.7. The Balaban J connectivity index is 2.30. The first-order valence-corrected chi connectivity index (χ1v) is 3.71. The monoisotopic (exact) mass is 159 g/mol. The van der Waals surface area contributed by atoms with Gasteiger partial charge in [-0.3, -0.25) is 4.79 Å². The Morgan fingerprint density at radius 3 is 3.00 bits per heavy atom. The van der Waals surface area contributed by atoms with Crippen LogP contribution in [-0.4, -0.2) is 48.8 Å². The summed E-state index contributed by atoms with van der Waals surface area (Å²) in [6.45, 7) is 1.79. The molecule has 0 radical (unpaired) electrons. The smallest absolute Gasteiger partial charge is 0.251 e. The minimum atomic E-state index is -0.771. The number of nitrogens with zero attached hydrogens (tertiary/aromatic N) is 1. The Hall–Kier alpha value is -0.610. The zero-order chi connectivity index (χ0) is 8.27. The van der Waals surface area contributed by atoms with Crippen LogP contribution in [0.2, 0.25) is 0 Å². The molecule has 1 saturated heterocycles. The number of rotatable bonds is 3. The van der Waals surface area contributed by atoms with Crippen LogP contribution < -0.4 is 0 Å². The van der Waals surface area contributed by atoms with E-state index in [2.05, 4.69) is 0 Å². The SMILES string of the molecule is COCCN1CCC(O)C1=O. The predicted molar refractivity (Wildman–Crippen MR) is 39.1 cm³/mol. The highest BCUT2D eigenvalue weighted by Crippen LogP contribution is 2.09. The van der Waals surface area contributed by atoms with E-state index in [0.29, 0.717) is 26.1 Å². The molecule has 0 aromatic heterocycles. The number of carbonyl (C=O) groups is 1. The van der Waals surface area contributed by atoms with Gasteiger partial charge in [-0.25, -0.2) is 0 Å². The number of aliphatic hydroxyl groups is 1. The standard InChI is InChI=1S/C7H13NO3/c1-11-5-4-8-3-2-6(9)7(8)10/h6,9H,2-5H2,1H3. The second-order valence-electron chi connectivity index (χ2n) is 2.62. The zero-order valence-corrected chi connectivity index (χ0v) is 6.62. The molecule has 1 N–H and O–H groups in total. The molecule has 4 heteroatoms. The van der Waals surface area contributed by atoms with Crippen molar-refractivity contribution in [1.82, 2.24) is 4.90 Å². The van der Waals surface area contributed by atoms with E-state index in [0.717, 1.165) is 0 Å². The number of aliphatic hydroxyl groups excluding tert-OH is 1. The van der Waals surface area contributed by atoms with E-state index in [9.17, 15) is 4.79 Å². The van der Waals surface area contributed by atoms with Gasteiger partial charge in [-0.1, -0.05) is 0 Å². The van der Waals surface area contributed by atoms with Gasteiger partial charge in [0, 0.05) is 20.2 Å². The van der Waals surface area contributed by atoms with Gasteiger partial charge in [-0.15, -0.1) is 0 Å². The predicted octanol–water partition coefficient (Wildman–Crippen LogP) is -0.774. The van der Waals surface area contributed by atoms with E-state index >= 15 is 0 Å². The fraction of sp³-hybridized carbons (Fsp3) is 0.857. The van der Waals surface area contributed by atoms with E-state index < -0.39 is 6.10 Å². The maximum Gasteiger partial charge on any atom is 0.251 e. The van der Waals surface area contributed by atoms with Crippen molar-refractivity contribution in [2.24, 2.45) is 0 Å². The Morgan fingerprint density at radius 1 is 1.82 bits per heavy atom. The topological polar surface area (TPSA) is 49.8 Å². The lowest BCUT2D eigenvalue weighted by molar-refractivity contribution is -0.134. The highest BCUT2D eigenvalue weighted by molar-refractivity contribution is 5.82. The van der Waals surface area contributed by atoms with E-state index in [-0.39, 0.29) is 5.91 Å². The van der Waals surface area contributed by atoms with Crippen molar-refractivity contribution in [2.45, 2.75) is 12.5 Å². The van der Waals surface area contributed by atoms with Crippen molar-refractivity contribution in [3.8, 4) is 0 Å². The molecule has 0 aromatic rings. The highest BCUT2D eigenvalue weighted by atomic mass is 16.5. The number of hydrogen-bond donors (Lipinski definition) is 1. The van der Waals surface area contributed by atoms with Gasteiger partial charge >= 0.3 is 0 Å². The Labute approximate surface area is 65.8 Å². The highest BCUT2D eigenvalue weighted by Gasteiger charge is 2.28. The van der Waals surface area contributed by atoms with Gasteiger partial charge in [0.15, 0.2) is 0 Å². The van der Waals surface area contributed by atoms with Crippen LogP contribution in [0, 0.1) is 0 Å².